The minimum Gasteiger partial charge on any atom is -0.394 e. The molecule has 0 radical (unpaired) electrons. The number of nitrogens with one attached hydrogen (secondary N) is 1. The van der Waals surface area contributed by atoms with Crippen molar-refractivity contribution in [3.63, 3.8) is 0 Å². The van der Waals surface area contributed by atoms with E-state index in [1.807, 2.05) is 0 Å². The van der Waals surface area contributed by atoms with E-state index in [1.54, 1.807) is 0 Å². The molecule has 1 aliphatic heterocycles. The standard InChI is InChI=1S/C10H20N2O6/c13-5-7(15)9(16)10(17)8(6-14)18-12-3-1-11-2-4-12/h6-11,13,15-17H,1-5H2. The van der Waals surface area contributed by atoms with E-state index in [1.165, 1.54) is 5.06 Å². The molecule has 4 atom stereocenters. The smallest absolute Gasteiger partial charge is 0.163 e. The Kier molecular flexibility index (Phi) is 6.65. The number of aldehydes is 1. The zero-order valence-corrected chi connectivity index (χ0v) is 9.97. The fraction of sp³-hybridized carbons (Fsp3) is 0.900. The fourth-order valence-corrected chi connectivity index (χ4v) is 1.62. The van der Waals surface area contributed by atoms with Gasteiger partial charge >= 0.3 is 0 Å². The number of carbonyl (C=O) groups is 1. The van der Waals surface area contributed by atoms with Crippen molar-refractivity contribution in [2.24, 2.45) is 0 Å². The van der Waals surface area contributed by atoms with E-state index in [4.69, 9.17) is 9.94 Å². The Morgan fingerprint density at radius 2 is 1.83 bits per heavy atom. The van der Waals surface area contributed by atoms with Gasteiger partial charge in [0.2, 0.25) is 0 Å². The molecule has 0 aromatic heterocycles. The van der Waals surface area contributed by atoms with Crippen LogP contribution in [-0.2, 0) is 9.63 Å². The first kappa shape index (κ1) is 15.4. The second kappa shape index (κ2) is 7.74. The third-order valence-electron chi connectivity index (χ3n) is 2.75. The van der Waals surface area contributed by atoms with E-state index in [0.717, 1.165) is 0 Å². The molecule has 0 aromatic rings. The number of hydrogen-bond donors (Lipinski definition) is 5. The van der Waals surface area contributed by atoms with Crippen molar-refractivity contribution in [3.05, 3.63) is 0 Å². The van der Waals surface area contributed by atoms with Crippen LogP contribution in [0.25, 0.3) is 0 Å². The highest BCUT2D eigenvalue weighted by atomic mass is 16.7. The van der Waals surface area contributed by atoms with Gasteiger partial charge in [0.25, 0.3) is 0 Å². The summed E-state index contributed by atoms with van der Waals surface area (Å²) >= 11 is 0. The molecule has 0 spiro atoms. The second-order valence-corrected chi connectivity index (χ2v) is 4.12. The molecule has 18 heavy (non-hydrogen) atoms. The highest BCUT2D eigenvalue weighted by Crippen LogP contribution is 2.09. The summed E-state index contributed by atoms with van der Waals surface area (Å²) in [5.74, 6) is 0. The molecule has 1 aliphatic rings. The van der Waals surface area contributed by atoms with Gasteiger partial charge in [0.15, 0.2) is 12.4 Å². The average molecular weight is 264 g/mol. The van der Waals surface area contributed by atoms with Crippen LogP contribution in [0.3, 0.4) is 0 Å². The molecule has 8 heteroatoms. The van der Waals surface area contributed by atoms with Crippen LogP contribution in [0.1, 0.15) is 0 Å². The molecule has 5 N–H and O–H groups in total. The number of nitrogens with zero attached hydrogens (tertiary/aromatic N) is 1. The van der Waals surface area contributed by atoms with E-state index in [2.05, 4.69) is 5.32 Å². The van der Waals surface area contributed by atoms with Crippen molar-refractivity contribution in [1.82, 2.24) is 10.4 Å². The first-order chi connectivity index (χ1) is 8.60. The number of carbonyl (C=O) groups excluding carboxylic acids is 1. The van der Waals surface area contributed by atoms with Crippen LogP contribution in [-0.4, -0.2) is 89.0 Å². The maximum absolute atomic E-state index is 10.9. The highest BCUT2D eigenvalue weighted by Gasteiger charge is 2.33. The quantitative estimate of drug-likeness (QED) is 0.300. The fourth-order valence-electron chi connectivity index (χ4n) is 1.62. The summed E-state index contributed by atoms with van der Waals surface area (Å²) in [7, 11) is 0. The van der Waals surface area contributed by atoms with Gasteiger partial charge in [-0.05, 0) is 0 Å². The van der Waals surface area contributed by atoms with Gasteiger partial charge in [-0.2, -0.15) is 5.06 Å². The molecule has 4 unspecified atom stereocenters. The molecule has 1 heterocycles. The van der Waals surface area contributed by atoms with E-state index >= 15 is 0 Å². The first-order valence-corrected chi connectivity index (χ1v) is 5.83. The van der Waals surface area contributed by atoms with Crippen molar-refractivity contribution in [1.29, 1.82) is 0 Å². The Morgan fingerprint density at radius 1 is 1.22 bits per heavy atom. The lowest BCUT2D eigenvalue weighted by molar-refractivity contribution is -0.232. The number of rotatable bonds is 7. The van der Waals surface area contributed by atoms with Crippen LogP contribution in [0.2, 0.25) is 0 Å². The monoisotopic (exact) mass is 264 g/mol. The normalized spacial score (nSPS) is 24.2. The van der Waals surface area contributed by atoms with Crippen LogP contribution < -0.4 is 5.32 Å². The molecule has 1 saturated heterocycles. The van der Waals surface area contributed by atoms with Crippen molar-refractivity contribution >= 4 is 6.29 Å². The predicted molar refractivity (Wildman–Crippen MR) is 60.5 cm³/mol. The minimum atomic E-state index is -1.65. The zero-order valence-electron chi connectivity index (χ0n) is 9.97. The van der Waals surface area contributed by atoms with Crippen molar-refractivity contribution in [3.8, 4) is 0 Å². The molecule has 1 fully saturated rings. The largest absolute Gasteiger partial charge is 0.394 e. The lowest BCUT2D eigenvalue weighted by atomic mass is 10.0. The maximum Gasteiger partial charge on any atom is 0.163 e. The predicted octanol–water partition coefficient (Wildman–Crippen LogP) is -3.53. The molecular formula is C10H20N2O6. The van der Waals surface area contributed by atoms with E-state index in [9.17, 15) is 20.1 Å². The summed E-state index contributed by atoms with van der Waals surface area (Å²) in [6, 6.07) is 0. The number of hydroxylamine groups is 2. The average Bonchev–Trinajstić information content (AvgIpc) is 2.43. The number of aliphatic hydroxyl groups excluding tert-OH is 4. The molecule has 0 bridgehead atoms. The topological polar surface area (TPSA) is 122 Å². The summed E-state index contributed by atoms with van der Waals surface area (Å²) in [6.45, 7) is 1.79. The summed E-state index contributed by atoms with van der Waals surface area (Å²) < 4.78 is 0. The van der Waals surface area contributed by atoms with Gasteiger partial charge in [0.1, 0.15) is 18.3 Å². The molecule has 8 nitrogen and oxygen atoms in total. The van der Waals surface area contributed by atoms with Crippen LogP contribution in [0, 0.1) is 0 Å². The Morgan fingerprint density at radius 3 is 2.33 bits per heavy atom. The van der Waals surface area contributed by atoms with Gasteiger partial charge in [0, 0.05) is 26.2 Å². The Bertz CT molecular complexity index is 249. The minimum absolute atomic E-state index is 0.361. The molecule has 1 rings (SSSR count). The third kappa shape index (κ3) is 4.25. The van der Waals surface area contributed by atoms with Gasteiger partial charge in [-0.3, -0.25) is 4.84 Å². The van der Waals surface area contributed by atoms with Gasteiger partial charge in [0.05, 0.1) is 6.61 Å². The van der Waals surface area contributed by atoms with Gasteiger partial charge in [-0.15, -0.1) is 0 Å². The number of aliphatic hydroxyl groups is 4. The molecule has 0 saturated carbocycles. The van der Waals surface area contributed by atoms with Gasteiger partial charge in [-0.25, -0.2) is 0 Å². The van der Waals surface area contributed by atoms with E-state index in [0.29, 0.717) is 32.5 Å². The lowest BCUT2D eigenvalue weighted by Gasteiger charge is -2.32. The second-order valence-electron chi connectivity index (χ2n) is 4.12. The molecular weight excluding hydrogens is 244 g/mol. The van der Waals surface area contributed by atoms with E-state index in [-0.39, 0.29) is 0 Å². The summed E-state index contributed by atoms with van der Waals surface area (Å²) in [6.07, 6.45) is -5.68. The van der Waals surface area contributed by atoms with Crippen molar-refractivity contribution in [2.45, 2.75) is 24.4 Å². The van der Waals surface area contributed by atoms with Crippen molar-refractivity contribution < 1.29 is 30.1 Å². The highest BCUT2D eigenvalue weighted by molar-refractivity contribution is 5.57. The SMILES string of the molecule is O=CC(ON1CCNCC1)C(O)C(O)C(O)CO. The number of piperazine rings is 1. The van der Waals surface area contributed by atoms with Crippen molar-refractivity contribution in [2.75, 3.05) is 32.8 Å². The van der Waals surface area contributed by atoms with Gasteiger partial charge < -0.3 is 30.5 Å². The summed E-state index contributed by atoms with van der Waals surface area (Å²) in [5.41, 5.74) is 0. The van der Waals surface area contributed by atoms with Crippen LogP contribution in [0.5, 0.6) is 0 Å². The van der Waals surface area contributed by atoms with Crippen LogP contribution in [0.15, 0.2) is 0 Å². The lowest BCUT2D eigenvalue weighted by Crippen LogP contribution is -2.52. The Balaban J connectivity index is 2.50. The molecule has 0 amide bonds. The summed E-state index contributed by atoms with van der Waals surface area (Å²) in [4.78, 5) is 16.1. The molecule has 106 valence electrons. The zero-order chi connectivity index (χ0) is 13.5. The first-order valence-electron chi connectivity index (χ1n) is 5.83. The van der Waals surface area contributed by atoms with E-state index < -0.39 is 31.0 Å². The Labute approximate surface area is 105 Å². The molecule has 0 aromatic carbocycles. The molecule has 0 aliphatic carbocycles. The third-order valence-corrected chi connectivity index (χ3v) is 2.75. The maximum atomic E-state index is 10.9. The Hall–Kier alpha value is -0.610. The summed E-state index contributed by atoms with van der Waals surface area (Å²) in [5, 5.41) is 41.6. The van der Waals surface area contributed by atoms with Gasteiger partial charge in [-0.1, -0.05) is 0 Å². The van der Waals surface area contributed by atoms with Crippen LogP contribution >= 0.6 is 0 Å². The number of hydrogen-bond acceptors (Lipinski definition) is 8. The van der Waals surface area contributed by atoms with Crippen LogP contribution in [0.4, 0.5) is 0 Å².